The van der Waals surface area contributed by atoms with Crippen molar-refractivity contribution in [2.45, 2.75) is 30.6 Å². The zero-order chi connectivity index (χ0) is 12.0. The number of hydrogen-bond acceptors (Lipinski definition) is 4. The van der Waals surface area contributed by atoms with E-state index < -0.39 is 12.0 Å². The molecule has 1 rings (SSSR count). The van der Waals surface area contributed by atoms with Gasteiger partial charge in [0.15, 0.2) is 0 Å². The summed E-state index contributed by atoms with van der Waals surface area (Å²) >= 11 is 3.20. The van der Waals surface area contributed by atoms with Crippen LogP contribution in [-0.4, -0.2) is 46.0 Å². The van der Waals surface area contributed by atoms with E-state index in [0.29, 0.717) is 6.42 Å². The van der Waals surface area contributed by atoms with Gasteiger partial charge in [0, 0.05) is 0 Å². The highest BCUT2D eigenvalue weighted by molar-refractivity contribution is 8.00. The van der Waals surface area contributed by atoms with Crippen LogP contribution in [0.25, 0.3) is 0 Å². The number of amides is 1. The number of thioether (sulfide) groups is 2. The van der Waals surface area contributed by atoms with E-state index in [-0.39, 0.29) is 11.2 Å². The van der Waals surface area contributed by atoms with Crippen LogP contribution in [0.5, 0.6) is 0 Å². The van der Waals surface area contributed by atoms with Crippen LogP contribution in [0.1, 0.15) is 19.3 Å². The maximum Gasteiger partial charge on any atom is 0.326 e. The van der Waals surface area contributed by atoms with Crippen LogP contribution in [0, 0.1) is 0 Å². The molecule has 1 aliphatic rings. The van der Waals surface area contributed by atoms with Crippen molar-refractivity contribution in [3.8, 4) is 0 Å². The Balaban J connectivity index is 2.40. The Morgan fingerprint density at radius 2 is 2.38 bits per heavy atom. The first-order chi connectivity index (χ1) is 7.65. The fourth-order valence-corrected chi connectivity index (χ4v) is 3.18. The van der Waals surface area contributed by atoms with Crippen molar-refractivity contribution in [1.82, 2.24) is 5.32 Å². The lowest BCUT2D eigenvalue weighted by molar-refractivity contribution is -0.141. The van der Waals surface area contributed by atoms with Gasteiger partial charge in [-0.05, 0) is 37.0 Å². The third-order valence-corrected chi connectivity index (χ3v) is 4.47. The van der Waals surface area contributed by atoms with E-state index in [4.69, 9.17) is 5.11 Å². The normalized spacial score (nSPS) is 21.7. The number of carboxylic acid groups (broad SMARTS) is 1. The summed E-state index contributed by atoms with van der Waals surface area (Å²) in [5.41, 5.74) is 0. The minimum Gasteiger partial charge on any atom is -0.480 e. The van der Waals surface area contributed by atoms with Crippen molar-refractivity contribution < 1.29 is 14.7 Å². The van der Waals surface area contributed by atoms with Gasteiger partial charge in [0.1, 0.15) is 6.04 Å². The van der Waals surface area contributed by atoms with Gasteiger partial charge in [0.05, 0.1) is 5.25 Å². The summed E-state index contributed by atoms with van der Waals surface area (Å²) in [6.07, 6.45) is 4.32. The second-order valence-electron chi connectivity index (χ2n) is 3.68. The summed E-state index contributed by atoms with van der Waals surface area (Å²) in [6, 6.07) is -0.735. The lowest BCUT2D eigenvalue weighted by atomic mass is 10.2. The molecule has 0 aromatic rings. The summed E-state index contributed by atoms with van der Waals surface area (Å²) in [5, 5.41) is 11.5. The Labute approximate surface area is 104 Å². The lowest BCUT2D eigenvalue weighted by Gasteiger charge is -2.16. The van der Waals surface area contributed by atoms with Gasteiger partial charge in [-0.3, -0.25) is 4.79 Å². The quantitative estimate of drug-likeness (QED) is 0.754. The SMILES string of the molecule is CSCC[C@@H](NC(=O)C1CCCS1)C(=O)O. The average molecular weight is 263 g/mol. The van der Waals surface area contributed by atoms with Gasteiger partial charge in [-0.1, -0.05) is 0 Å². The molecule has 0 aromatic carbocycles. The van der Waals surface area contributed by atoms with Gasteiger partial charge < -0.3 is 10.4 Å². The molecule has 1 amide bonds. The van der Waals surface area contributed by atoms with E-state index in [1.807, 2.05) is 6.26 Å². The molecule has 1 saturated heterocycles. The molecule has 4 nitrogen and oxygen atoms in total. The molecule has 2 atom stereocenters. The molecule has 0 aromatic heterocycles. The summed E-state index contributed by atoms with van der Waals surface area (Å²) in [5.74, 6) is 0.691. The minimum atomic E-state index is -0.939. The number of rotatable bonds is 6. The van der Waals surface area contributed by atoms with Gasteiger partial charge >= 0.3 is 5.97 Å². The molecule has 2 N–H and O–H groups in total. The molecular weight excluding hydrogens is 246 g/mol. The number of carbonyl (C=O) groups is 2. The largest absolute Gasteiger partial charge is 0.480 e. The van der Waals surface area contributed by atoms with Crippen LogP contribution in [0.4, 0.5) is 0 Å². The van der Waals surface area contributed by atoms with E-state index >= 15 is 0 Å². The van der Waals surface area contributed by atoms with Crippen molar-refractivity contribution in [1.29, 1.82) is 0 Å². The molecule has 0 radical (unpaired) electrons. The molecule has 1 unspecified atom stereocenters. The first-order valence-electron chi connectivity index (χ1n) is 5.29. The Hall–Kier alpha value is -0.360. The first kappa shape index (κ1) is 13.7. The highest BCUT2D eigenvalue weighted by Gasteiger charge is 2.27. The highest BCUT2D eigenvalue weighted by Crippen LogP contribution is 2.26. The van der Waals surface area contributed by atoms with Gasteiger partial charge in [-0.2, -0.15) is 11.8 Å². The monoisotopic (exact) mass is 263 g/mol. The van der Waals surface area contributed by atoms with E-state index in [1.54, 1.807) is 23.5 Å². The van der Waals surface area contributed by atoms with Gasteiger partial charge in [-0.25, -0.2) is 4.79 Å². The Morgan fingerprint density at radius 1 is 1.62 bits per heavy atom. The Kier molecular flexibility index (Phi) is 6.05. The lowest BCUT2D eigenvalue weighted by Crippen LogP contribution is -2.44. The Bertz CT molecular complexity index is 254. The van der Waals surface area contributed by atoms with E-state index in [0.717, 1.165) is 24.3 Å². The predicted octanol–water partition coefficient (Wildman–Crippen LogP) is 1.20. The van der Waals surface area contributed by atoms with Crippen molar-refractivity contribution in [2.24, 2.45) is 0 Å². The number of carbonyl (C=O) groups excluding carboxylic acids is 1. The van der Waals surface area contributed by atoms with Crippen molar-refractivity contribution >= 4 is 35.4 Å². The van der Waals surface area contributed by atoms with Crippen molar-refractivity contribution in [2.75, 3.05) is 17.8 Å². The van der Waals surface area contributed by atoms with E-state index in [9.17, 15) is 9.59 Å². The number of hydrogen-bond donors (Lipinski definition) is 2. The van der Waals surface area contributed by atoms with Crippen molar-refractivity contribution in [3.63, 3.8) is 0 Å². The average Bonchev–Trinajstić information content (AvgIpc) is 2.76. The molecule has 92 valence electrons. The third kappa shape index (κ3) is 4.25. The predicted molar refractivity (Wildman–Crippen MR) is 68.0 cm³/mol. The molecule has 0 bridgehead atoms. The van der Waals surface area contributed by atoms with Crippen molar-refractivity contribution in [3.05, 3.63) is 0 Å². The summed E-state index contributed by atoms with van der Waals surface area (Å²) in [7, 11) is 0. The smallest absolute Gasteiger partial charge is 0.326 e. The van der Waals surface area contributed by atoms with Gasteiger partial charge in [0.25, 0.3) is 0 Å². The van der Waals surface area contributed by atoms with E-state index in [1.165, 1.54) is 0 Å². The molecule has 1 aliphatic heterocycles. The fourth-order valence-electron chi connectivity index (χ4n) is 1.54. The fraction of sp³-hybridized carbons (Fsp3) is 0.800. The second kappa shape index (κ2) is 7.06. The molecule has 0 saturated carbocycles. The first-order valence-corrected chi connectivity index (χ1v) is 7.73. The summed E-state index contributed by atoms with van der Waals surface area (Å²) in [4.78, 5) is 22.6. The second-order valence-corrected chi connectivity index (χ2v) is 5.98. The molecular formula is C10H17NO3S2. The molecule has 0 aliphatic carbocycles. The molecule has 1 fully saturated rings. The molecule has 16 heavy (non-hydrogen) atoms. The number of carboxylic acids is 1. The van der Waals surface area contributed by atoms with Crippen LogP contribution < -0.4 is 5.32 Å². The molecule has 1 heterocycles. The maximum absolute atomic E-state index is 11.7. The van der Waals surface area contributed by atoms with E-state index in [2.05, 4.69) is 5.32 Å². The van der Waals surface area contributed by atoms with Crippen LogP contribution in [-0.2, 0) is 9.59 Å². The molecule has 6 heteroatoms. The standard InChI is InChI=1S/C10H17NO3S2/c1-15-6-4-7(10(13)14)11-9(12)8-3-2-5-16-8/h7-8H,2-6H2,1H3,(H,11,12)(H,13,14)/t7-,8?/m1/s1. The topological polar surface area (TPSA) is 66.4 Å². The third-order valence-electron chi connectivity index (χ3n) is 2.45. The van der Waals surface area contributed by atoms with Gasteiger partial charge in [0.2, 0.25) is 5.91 Å². The summed E-state index contributed by atoms with van der Waals surface area (Å²) in [6.45, 7) is 0. The number of nitrogens with one attached hydrogen (secondary N) is 1. The van der Waals surface area contributed by atoms with Gasteiger partial charge in [-0.15, -0.1) is 11.8 Å². The highest BCUT2D eigenvalue weighted by atomic mass is 32.2. The van der Waals surface area contributed by atoms with Crippen LogP contribution >= 0.6 is 23.5 Å². The van der Waals surface area contributed by atoms with Crippen LogP contribution in [0.15, 0.2) is 0 Å². The minimum absolute atomic E-state index is 0.0453. The molecule has 0 spiro atoms. The zero-order valence-electron chi connectivity index (χ0n) is 9.27. The summed E-state index contributed by atoms with van der Waals surface area (Å²) < 4.78 is 0. The van der Waals surface area contributed by atoms with Crippen LogP contribution in [0.2, 0.25) is 0 Å². The Morgan fingerprint density at radius 3 is 2.88 bits per heavy atom. The zero-order valence-corrected chi connectivity index (χ0v) is 10.9. The number of aliphatic carboxylic acids is 1. The van der Waals surface area contributed by atoms with Crippen LogP contribution in [0.3, 0.4) is 0 Å². The maximum atomic E-state index is 11.7.